The molecular formula is C16H18O2. The van der Waals surface area contributed by atoms with Gasteiger partial charge in [-0.3, -0.25) is 4.79 Å². The van der Waals surface area contributed by atoms with Crippen LogP contribution in [-0.4, -0.2) is 12.1 Å². The molecule has 3 rings (SSSR count). The van der Waals surface area contributed by atoms with Crippen LogP contribution in [-0.2, 0) is 9.59 Å². The fourth-order valence-corrected chi connectivity index (χ4v) is 3.41. The molecule has 2 nitrogen and oxygen atoms in total. The molecule has 0 aromatic rings. The molecule has 0 unspecified atom stereocenters. The van der Waals surface area contributed by atoms with Crippen LogP contribution in [0.4, 0.5) is 0 Å². The summed E-state index contributed by atoms with van der Waals surface area (Å²) >= 11 is 0. The zero-order valence-corrected chi connectivity index (χ0v) is 11.0. The first-order valence-corrected chi connectivity index (χ1v) is 6.69. The Balaban J connectivity index is 2.07. The molecule has 1 fully saturated rings. The summed E-state index contributed by atoms with van der Waals surface area (Å²) in [5.41, 5.74) is 6.07. The maximum absolute atomic E-state index is 12.2. The molecule has 0 aromatic heterocycles. The number of Topliss-reactive ketones (excluding diaryl/α,β-unsaturated/α-hetero) is 1. The molecule has 0 aliphatic heterocycles. The average Bonchev–Trinajstić information content (AvgIpc) is 3.02. The van der Waals surface area contributed by atoms with E-state index in [1.807, 2.05) is 6.08 Å². The van der Waals surface area contributed by atoms with Crippen molar-refractivity contribution in [2.24, 2.45) is 5.41 Å². The van der Waals surface area contributed by atoms with E-state index in [-0.39, 0.29) is 5.41 Å². The Morgan fingerprint density at radius 2 is 2.06 bits per heavy atom. The summed E-state index contributed by atoms with van der Waals surface area (Å²) in [6, 6.07) is 0. The van der Waals surface area contributed by atoms with E-state index in [9.17, 15) is 9.59 Å². The van der Waals surface area contributed by atoms with Crippen LogP contribution < -0.4 is 0 Å². The highest BCUT2D eigenvalue weighted by atomic mass is 16.1. The van der Waals surface area contributed by atoms with Gasteiger partial charge in [-0.05, 0) is 61.3 Å². The maximum atomic E-state index is 12.2. The summed E-state index contributed by atoms with van der Waals surface area (Å²) in [6.45, 7) is 4.24. The zero-order chi connectivity index (χ0) is 12.9. The number of allylic oxidation sites excluding steroid dienone is 6. The highest BCUT2D eigenvalue weighted by molar-refractivity contribution is 6.05. The topological polar surface area (TPSA) is 34.1 Å². The molecular weight excluding hydrogens is 224 g/mol. The molecule has 94 valence electrons. The first-order valence-electron chi connectivity index (χ1n) is 6.69. The Kier molecular flexibility index (Phi) is 2.44. The summed E-state index contributed by atoms with van der Waals surface area (Å²) in [4.78, 5) is 22.8. The summed E-state index contributed by atoms with van der Waals surface area (Å²) in [5.74, 6) is 0.300. The summed E-state index contributed by atoms with van der Waals surface area (Å²) in [7, 11) is 0. The first-order chi connectivity index (χ1) is 8.59. The smallest absolute Gasteiger partial charge is 0.164 e. The number of aldehydes is 1. The van der Waals surface area contributed by atoms with E-state index in [0.717, 1.165) is 31.1 Å². The van der Waals surface area contributed by atoms with Crippen molar-refractivity contribution in [2.45, 2.75) is 46.0 Å². The first kappa shape index (κ1) is 11.6. The van der Waals surface area contributed by atoms with Gasteiger partial charge in [-0.25, -0.2) is 0 Å². The van der Waals surface area contributed by atoms with Crippen LogP contribution in [0.3, 0.4) is 0 Å². The minimum atomic E-state index is 0.181. The molecule has 0 atom stereocenters. The molecule has 1 spiro atoms. The molecule has 0 N–H and O–H groups in total. The molecule has 18 heavy (non-hydrogen) atoms. The number of ketones is 1. The van der Waals surface area contributed by atoms with E-state index in [1.165, 1.54) is 22.3 Å². The number of hydrogen-bond donors (Lipinski definition) is 0. The van der Waals surface area contributed by atoms with E-state index in [0.29, 0.717) is 18.6 Å². The van der Waals surface area contributed by atoms with Crippen molar-refractivity contribution in [3.05, 3.63) is 33.9 Å². The van der Waals surface area contributed by atoms with E-state index in [1.54, 1.807) is 0 Å². The van der Waals surface area contributed by atoms with E-state index < -0.39 is 0 Å². The monoisotopic (exact) mass is 242 g/mol. The summed E-state index contributed by atoms with van der Waals surface area (Å²) in [6.07, 6.45) is 7.31. The average molecular weight is 242 g/mol. The fourth-order valence-electron chi connectivity index (χ4n) is 3.41. The number of carbonyl (C=O) groups is 2. The van der Waals surface area contributed by atoms with Crippen LogP contribution in [0.5, 0.6) is 0 Å². The van der Waals surface area contributed by atoms with Crippen molar-refractivity contribution in [1.82, 2.24) is 0 Å². The number of rotatable bonds is 3. The molecule has 0 radical (unpaired) electrons. The molecule has 0 bridgehead atoms. The van der Waals surface area contributed by atoms with Crippen LogP contribution in [0, 0.1) is 5.41 Å². The lowest BCUT2D eigenvalue weighted by molar-refractivity contribution is -0.116. The number of fused-ring (bicyclic) bond motifs is 1. The van der Waals surface area contributed by atoms with Crippen molar-refractivity contribution in [3.63, 3.8) is 0 Å². The molecule has 3 aliphatic rings. The van der Waals surface area contributed by atoms with E-state index in [2.05, 4.69) is 13.8 Å². The predicted octanol–water partition coefficient (Wildman–Crippen LogP) is 3.29. The van der Waals surface area contributed by atoms with Gasteiger partial charge in [0.1, 0.15) is 6.29 Å². The van der Waals surface area contributed by atoms with Crippen molar-refractivity contribution >= 4 is 12.1 Å². The van der Waals surface area contributed by atoms with Gasteiger partial charge >= 0.3 is 0 Å². The molecule has 0 saturated heterocycles. The minimum absolute atomic E-state index is 0.181. The van der Waals surface area contributed by atoms with Gasteiger partial charge in [-0.15, -0.1) is 0 Å². The second kappa shape index (κ2) is 3.78. The van der Waals surface area contributed by atoms with Crippen molar-refractivity contribution in [3.8, 4) is 0 Å². The molecule has 0 heterocycles. The summed E-state index contributed by atoms with van der Waals surface area (Å²) < 4.78 is 0. The largest absolute Gasteiger partial charge is 0.303 e. The molecule has 1 saturated carbocycles. The molecule has 0 aromatic carbocycles. The Labute approximate surface area is 107 Å². The van der Waals surface area contributed by atoms with Crippen LogP contribution in [0.25, 0.3) is 0 Å². The molecule has 0 amide bonds. The number of carbonyl (C=O) groups excluding carboxylic acids is 2. The van der Waals surface area contributed by atoms with Gasteiger partial charge in [-0.2, -0.15) is 0 Å². The van der Waals surface area contributed by atoms with Gasteiger partial charge in [0, 0.05) is 18.4 Å². The third-order valence-corrected chi connectivity index (χ3v) is 4.74. The third-order valence-electron chi connectivity index (χ3n) is 4.74. The van der Waals surface area contributed by atoms with Crippen molar-refractivity contribution < 1.29 is 9.59 Å². The second-order valence-corrected chi connectivity index (χ2v) is 5.81. The van der Waals surface area contributed by atoms with Gasteiger partial charge in [0.05, 0.1) is 0 Å². The molecule has 2 heteroatoms. The van der Waals surface area contributed by atoms with Crippen LogP contribution >= 0.6 is 0 Å². The predicted molar refractivity (Wildman–Crippen MR) is 70.1 cm³/mol. The van der Waals surface area contributed by atoms with Crippen LogP contribution in [0.15, 0.2) is 33.9 Å². The highest BCUT2D eigenvalue weighted by Crippen LogP contribution is 2.60. The standard InChI is InChI=1S/C16H18O2/c1-10-8-13-14(18)9-16(5-6-16)11(2)15(13)12(10)4-3-7-17/h7-8H,3-6,9H2,1-2H3. The Morgan fingerprint density at radius 1 is 1.33 bits per heavy atom. The molecule has 3 aliphatic carbocycles. The maximum Gasteiger partial charge on any atom is 0.164 e. The zero-order valence-electron chi connectivity index (χ0n) is 11.0. The lowest BCUT2D eigenvalue weighted by Gasteiger charge is -2.27. The van der Waals surface area contributed by atoms with Crippen molar-refractivity contribution in [2.75, 3.05) is 0 Å². The minimum Gasteiger partial charge on any atom is -0.303 e. The second-order valence-electron chi connectivity index (χ2n) is 5.81. The Bertz CT molecular complexity index is 539. The van der Waals surface area contributed by atoms with Crippen molar-refractivity contribution in [1.29, 1.82) is 0 Å². The summed E-state index contributed by atoms with van der Waals surface area (Å²) in [5, 5.41) is 0. The van der Waals surface area contributed by atoms with Gasteiger partial charge in [0.25, 0.3) is 0 Å². The van der Waals surface area contributed by atoms with Gasteiger partial charge in [-0.1, -0.05) is 5.57 Å². The van der Waals surface area contributed by atoms with Crippen LogP contribution in [0.1, 0.15) is 46.0 Å². The van der Waals surface area contributed by atoms with Gasteiger partial charge in [0.2, 0.25) is 0 Å². The lowest BCUT2D eigenvalue weighted by Crippen LogP contribution is -2.21. The SMILES string of the molecule is CC1=C(CCC=O)C2=C(C)C3(CC3)CC(=O)C2=C1. The lowest BCUT2D eigenvalue weighted by atomic mass is 9.76. The Morgan fingerprint density at radius 3 is 2.67 bits per heavy atom. The van der Waals surface area contributed by atoms with Crippen LogP contribution in [0.2, 0.25) is 0 Å². The van der Waals surface area contributed by atoms with Gasteiger partial charge < -0.3 is 4.79 Å². The van der Waals surface area contributed by atoms with Gasteiger partial charge in [0.15, 0.2) is 5.78 Å². The normalized spacial score (nSPS) is 24.6. The number of hydrogen-bond acceptors (Lipinski definition) is 2. The quantitative estimate of drug-likeness (QED) is 0.712. The third kappa shape index (κ3) is 1.48. The van der Waals surface area contributed by atoms with E-state index in [4.69, 9.17) is 0 Å². The Hall–Kier alpha value is -1.44. The highest BCUT2D eigenvalue weighted by Gasteiger charge is 2.51. The fraction of sp³-hybridized carbons (Fsp3) is 0.500. The van der Waals surface area contributed by atoms with E-state index >= 15 is 0 Å².